The van der Waals surface area contributed by atoms with E-state index in [1.807, 2.05) is 0 Å². The summed E-state index contributed by atoms with van der Waals surface area (Å²) in [5.74, 6) is -0.0271. The standard InChI is InChI=1S/C57H109NO3/c1-3-5-7-9-11-13-15-17-19-21-22-23-24-25-26-27-28-29-30-31-32-33-34-35-36-37-39-41-43-45-47-49-51-53-57(61)58-55(54-59)56(60)52-50-48-46-44-42-40-38-20-18-16-14-12-10-8-6-4-2/h15,17,21-22,24-25,55-56,59-60H,3-14,16,18-20,23,26-54H2,1-2H3,(H,58,61)/b17-15-,22-21-,25-24-. The topological polar surface area (TPSA) is 69.6 Å². The number of hydrogen-bond donors (Lipinski definition) is 3. The van der Waals surface area contributed by atoms with Crippen LogP contribution in [0, 0.1) is 0 Å². The lowest BCUT2D eigenvalue weighted by atomic mass is 10.0. The van der Waals surface area contributed by atoms with Crippen LogP contribution in [0.3, 0.4) is 0 Å². The number of rotatable bonds is 51. The van der Waals surface area contributed by atoms with E-state index in [0.717, 1.165) is 38.5 Å². The van der Waals surface area contributed by atoms with E-state index in [4.69, 9.17) is 0 Å². The van der Waals surface area contributed by atoms with Crippen LogP contribution in [0.4, 0.5) is 0 Å². The molecule has 1 amide bonds. The summed E-state index contributed by atoms with van der Waals surface area (Å²) in [6, 6.07) is -0.535. The van der Waals surface area contributed by atoms with Crippen molar-refractivity contribution < 1.29 is 15.0 Å². The molecule has 0 bridgehead atoms. The van der Waals surface area contributed by atoms with Gasteiger partial charge in [0.15, 0.2) is 0 Å². The first-order chi connectivity index (χ1) is 30.2. The van der Waals surface area contributed by atoms with E-state index >= 15 is 0 Å². The minimum absolute atomic E-state index is 0.0271. The Bertz CT molecular complexity index is 928. The Balaban J connectivity index is 3.42. The van der Waals surface area contributed by atoms with Crippen molar-refractivity contribution in [3.05, 3.63) is 36.5 Å². The van der Waals surface area contributed by atoms with E-state index < -0.39 is 12.1 Å². The Morgan fingerprint density at radius 2 is 0.672 bits per heavy atom. The fourth-order valence-corrected chi connectivity index (χ4v) is 8.66. The molecule has 0 heterocycles. The third-order valence-corrected chi connectivity index (χ3v) is 12.9. The minimum Gasteiger partial charge on any atom is -0.394 e. The summed E-state index contributed by atoms with van der Waals surface area (Å²) in [6.45, 7) is 4.37. The highest BCUT2D eigenvalue weighted by atomic mass is 16.3. The zero-order chi connectivity index (χ0) is 44.2. The third-order valence-electron chi connectivity index (χ3n) is 12.9. The third kappa shape index (κ3) is 49.5. The minimum atomic E-state index is -0.658. The first-order valence-electron chi connectivity index (χ1n) is 27.7. The molecule has 0 aromatic heterocycles. The maximum absolute atomic E-state index is 12.5. The van der Waals surface area contributed by atoms with Gasteiger partial charge in [0.05, 0.1) is 18.8 Å². The maximum Gasteiger partial charge on any atom is 0.220 e. The van der Waals surface area contributed by atoms with Crippen LogP contribution in [0.25, 0.3) is 0 Å². The van der Waals surface area contributed by atoms with Crippen LogP contribution in [0.15, 0.2) is 36.5 Å². The normalized spacial score (nSPS) is 13.0. The van der Waals surface area contributed by atoms with E-state index in [1.165, 1.54) is 238 Å². The molecule has 0 aliphatic heterocycles. The van der Waals surface area contributed by atoms with E-state index in [-0.39, 0.29) is 12.5 Å². The fraction of sp³-hybridized carbons (Fsp3) is 0.877. The number of aliphatic hydroxyl groups is 2. The van der Waals surface area contributed by atoms with E-state index in [0.29, 0.717) is 12.8 Å². The van der Waals surface area contributed by atoms with Crippen LogP contribution in [-0.2, 0) is 4.79 Å². The van der Waals surface area contributed by atoms with E-state index in [9.17, 15) is 15.0 Å². The van der Waals surface area contributed by atoms with Gasteiger partial charge in [-0.3, -0.25) is 4.79 Å². The molecule has 0 saturated carbocycles. The molecule has 0 aliphatic rings. The zero-order valence-electron chi connectivity index (χ0n) is 41.4. The molecule has 0 aromatic carbocycles. The van der Waals surface area contributed by atoms with Gasteiger partial charge in [-0.2, -0.15) is 0 Å². The molecule has 2 unspecified atom stereocenters. The number of amides is 1. The van der Waals surface area contributed by atoms with Crippen molar-refractivity contribution in [2.24, 2.45) is 0 Å². The number of allylic oxidation sites excluding steroid dienone is 6. The molecule has 3 N–H and O–H groups in total. The summed E-state index contributed by atoms with van der Waals surface area (Å²) in [5.41, 5.74) is 0. The summed E-state index contributed by atoms with van der Waals surface area (Å²) < 4.78 is 0. The Morgan fingerprint density at radius 1 is 0.393 bits per heavy atom. The lowest BCUT2D eigenvalue weighted by Crippen LogP contribution is -2.45. The highest BCUT2D eigenvalue weighted by molar-refractivity contribution is 5.76. The summed E-state index contributed by atoms with van der Waals surface area (Å²) in [5, 5.41) is 23.3. The quantitative estimate of drug-likeness (QED) is 0.0422. The molecule has 4 nitrogen and oxygen atoms in total. The smallest absolute Gasteiger partial charge is 0.220 e. The highest BCUT2D eigenvalue weighted by Gasteiger charge is 2.20. The molecule has 0 aromatic rings. The molecule has 61 heavy (non-hydrogen) atoms. The number of unbranched alkanes of at least 4 members (excludes halogenated alkanes) is 38. The van der Waals surface area contributed by atoms with Crippen molar-refractivity contribution in [1.82, 2.24) is 5.32 Å². The second-order valence-corrected chi connectivity index (χ2v) is 19.0. The molecule has 0 spiro atoms. The molecular formula is C57H109NO3. The van der Waals surface area contributed by atoms with Crippen molar-refractivity contribution in [1.29, 1.82) is 0 Å². The second-order valence-electron chi connectivity index (χ2n) is 19.0. The Hall–Kier alpha value is -1.39. The predicted octanol–water partition coefficient (Wildman–Crippen LogP) is 18.1. The average molecular weight is 857 g/mol. The van der Waals surface area contributed by atoms with Crippen LogP contribution >= 0.6 is 0 Å². The summed E-state index contributed by atoms with van der Waals surface area (Å²) in [7, 11) is 0. The molecular weight excluding hydrogens is 747 g/mol. The number of carbonyl (C=O) groups excluding carboxylic acids is 1. The van der Waals surface area contributed by atoms with Gasteiger partial charge < -0.3 is 15.5 Å². The second kappa shape index (κ2) is 53.0. The zero-order valence-corrected chi connectivity index (χ0v) is 41.4. The van der Waals surface area contributed by atoms with Crippen molar-refractivity contribution in [2.45, 2.75) is 315 Å². The lowest BCUT2D eigenvalue weighted by molar-refractivity contribution is -0.123. The summed E-state index contributed by atoms with van der Waals surface area (Å²) in [4.78, 5) is 12.5. The van der Waals surface area contributed by atoms with E-state index in [1.54, 1.807) is 0 Å². The Morgan fingerprint density at radius 3 is 1.00 bits per heavy atom. The van der Waals surface area contributed by atoms with Gasteiger partial charge in [-0.25, -0.2) is 0 Å². The SMILES string of the molecule is CCCCCCC/C=C\C/C=C\C/C=C\CCCCCCCCCCCCCCCCCCCCC(=O)NC(CO)C(O)CCCCCCCCCCCCCCCCCC. The van der Waals surface area contributed by atoms with Gasteiger partial charge in [0.1, 0.15) is 0 Å². The van der Waals surface area contributed by atoms with E-state index in [2.05, 4.69) is 55.6 Å². The number of nitrogens with one attached hydrogen (secondary N) is 1. The molecule has 2 atom stereocenters. The molecule has 4 heteroatoms. The van der Waals surface area contributed by atoms with Crippen molar-refractivity contribution in [2.75, 3.05) is 6.61 Å². The van der Waals surface area contributed by atoms with Crippen LogP contribution in [0.2, 0.25) is 0 Å². The van der Waals surface area contributed by atoms with Crippen LogP contribution in [-0.4, -0.2) is 34.9 Å². The molecule has 0 aliphatic carbocycles. The van der Waals surface area contributed by atoms with Gasteiger partial charge in [0, 0.05) is 6.42 Å². The molecule has 0 radical (unpaired) electrons. The Labute approximate surface area is 382 Å². The predicted molar refractivity (Wildman–Crippen MR) is 272 cm³/mol. The van der Waals surface area contributed by atoms with Crippen LogP contribution in [0.5, 0.6) is 0 Å². The molecule has 0 rings (SSSR count). The van der Waals surface area contributed by atoms with Gasteiger partial charge >= 0.3 is 0 Å². The van der Waals surface area contributed by atoms with Crippen molar-refractivity contribution >= 4 is 5.91 Å². The van der Waals surface area contributed by atoms with Gasteiger partial charge in [0.2, 0.25) is 5.91 Å². The first kappa shape index (κ1) is 59.6. The van der Waals surface area contributed by atoms with Crippen molar-refractivity contribution in [3.63, 3.8) is 0 Å². The van der Waals surface area contributed by atoms with Crippen molar-refractivity contribution in [3.8, 4) is 0 Å². The molecule has 360 valence electrons. The van der Waals surface area contributed by atoms with Gasteiger partial charge in [-0.15, -0.1) is 0 Å². The average Bonchev–Trinajstić information content (AvgIpc) is 3.26. The monoisotopic (exact) mass is 856 g/mol. The largest absolute Gasteiger partial charge is 0.394 e. The van der Waals surface area contributed by atoms with Gasteiger partial charge in [-0.1, -0.05) is 281 Å². The fourth-order valence-electron chi connectivity index (χ4n) is 8.66. The lowest BCUT2D eigenvalue weighted by Gasteiger charge is -2.22. The number of aliphatic hydroxyl groups excluding tert-OH is 2. The highest BCUT2D eigenvalue weighted by Crippen LogP contribution is 2.17. The van der Waals surface area contributed by atoms with Gasteiger partial charge in [-0.05, 0) is 51.4 Å². The summed E-state index contributed by atoms with van der Waals surface area (Å²) >= 11 is 0. The number of hydrogen-bond acceptors (Lipinski definition) is 3. The summed E-state index contributed by atoms with van der Waals surface area (Å²) in [6.07, 6.45) is 71.3. The number of carbonyl (C=O) groups is 1. The first-order valence-corrected chi connectivity index (χ1v) is 27.7. The maximum atomic E-state index is 12.5. The van der Waals surface area contributed by atoms with Crippen LogP contribution < -0.4 is 5.32 Å². The van der Waals surface area contributed by atoms with Crippen LogP contribution in [0.1, 0.15) is 303 Å². The van der Waals surface area contributed by atoms with Gasteiger partial charge in [0.25, 0.3) is 0 Å². The molecule has 0 saturated heterocycles. The Kier molecular flexibility index (Phi) is 51.7. The molecule has 0 fully saturated rings.